The summed E-state index contributed by atoms with van der Waals surface area (Å²) in [6, 6.07) is 7.27. The number of nitrogens with zero attached hydrogens (tertiary/aromatic N) is 2. The molecule has 0 saturated heterocycles. The predicted octanol–water partition coefficient (Wildman–Crippen LogP) is 2.82. The van der Waals surface area contributed by atoms with Gasteiger partial charge in [0.1, 0.15) is 5.75 Å². The zero-order valence-electron chi connectivity index (χ0n) is 13.4. The highest BCUT2D eigenvalue weighted by Crippen LogP contribution is 2.13. The third kappa shape index (κ3) is 5.45. The number of benzene rings is 1. The Morgan fingerprint density at radius 3 is 2.67 bits per heavy atom. The van der Waals surface area contributed by atoms with Gasteiger partial charge >= 0.3 is 0 Å². The number of amidine groups is 1. The van der Waals surface area contributed by atoms with Crippen molar-refractivity contribution < 1.29 is 14.3 Å². The summed E-state index contributed by atoms with van der Waals surface area (Å²) in [5.41, 5.74) is 0.476. The molecule has 0 fully saturated rings. The molecule has 0 heterocycles. The summed E-state index contributed by atoms with van der Waals surface area (Å²) in [5.74, 6) is 0.657. The van der Waals surface area contributed by atoms with Gasteiger partial charge in [-0.05, 0) is 31.0 Å². The van der Waals surface area contributed by atoms with E-state index in [1.54, 1.807) is 36.3 Å². The minimum atomic E-state index is -0.340. The number of carbonyl (C=O) groups excluding carboxylic acids is 1. The second-order valence-corrected chi connectivity index (χ2v) is 5.15. The fourth-order valence-electron chi connectivity index (χ4n) is 1.51. The van der Waals surface area contributed by atoms with E-state index >= 15 is 0 Å². The third-order valence-electron chi connectivity index (χ3n) is 2.86. The van der Waals surface area contributed by atoms with Crippen molar-refractivity contribution in [3.63, 3.8) is 0 Å². The van der Waals surface area contributed by atoms with E-state index in [-0.39, 0.29) is 5.91 Å². The molecule has 0 aliphatic heterocycles. The van der Waals surface area contributed by atoms with Gasteiger partial charge in [0, 0.05) is 19.2 Å². The van der Waals surface area contributed by atoms with Crippen LogP contribution in [0.4, 0.5) is 0 Å². The van der Waals surface area contributed by atoms with Crippen LogP contribution in [0.5, 0.6) is 5.75 Å². The quantitative estimate of drug-likeness (QED) is 0.618. The Balaban J connectivity index is 2.93. The number of ether oxygens (including phenoxy) is 2. The van der Waals surface area contributed by atoms with E-state index in [1.165, 1.54) is 0 Å². The van der Waals surface area contributed by atoms with Gasteiger partial charge in [0.15, 0.2) is 0 Å². The molecular weight excluding hydrogens is 268 g/mol. The number of amides is 1. The lowest BCUT2D eigenvalue weighted by Crippen LogP contribution is -2.31. The number of methoxy groups -OCH3 is 1. The summed E-state index contributed by atoms with van der Waals surface area (Å²) in [5, 5.41) is 0. The molecule has 1 aromatic rings. The van der Waals surface area contributed by atoms with Crippen LogP contribution in [0.3, 0.4) is 0 Å². The van der Waals surface area contributed by atoms with E-state index in [9.17, 15) is 4.79 Å². The van der Waals surface area contributed by atoms with Crippen LogP contribution in [0.25, 0.3) is 0 Å². The number of aliphatic imine (C=N–C) groups is 1. The number of rotatable bonds is 5. The van der Waals surface area contributed by atoms with Crippen LogP contribution in [0.2, 0.25) is 0 Å². The largest absolute Gasteiger partial charge is 0.497 e. The minimum Gasteiger partial charge on any atom is -0.497 e. The highest BCUT2D eigenvalue weighted by atomic mass is 16.5. The molecule has 1 amide bonds. The summed E-state index contributed by atoms with van der Waals surface area (Å²) >= 11 is 0. The van der Waals surface area contributed by atoms with Gasteiger partial charge in [-0.1, -0.05) is 19.9 Å². The van der Waals surface area contributed by atoms with Crippen LogP contribution in [0, 0.1) is 5.92 Å². The average molecular weight is 292 g/mol. The van der Waals surface area contributed by atoms with E-state index in [1.807, 2.05) is 27.8 Å². The minimum absolute atomic E-state index is 0.340. The summed E-state index contributed by atoms with van der Waals surface area (Å²) in [6.07, 6.45) is 0. The fraction of sp³-hybridized carbons (Fsp3) is 0.500. The van der Waals surface area contributed by atoms with Crippen molar-refractivity contribution in [2.75, 3.05) is 27.3 Å². The van der Waals surface area contributed by atoms with Gasteiger partial charge < -0.3 is 14.4 Å². The number of hydrogen-bond donors (Lipinski definition) is 0. The second kappa shape index (κ2) is 8.29. The highest BCUT2D eigenvalue weighted by Gasteiger charge is 2.12. The maximum absolute atomic E-state index is 12.2. The molecule has 1 aromatic carbocycles. The molecule has 1 rings (SSSR count). The van der Waals surface area contributed by atoms with Crippen molar-refractivity contribution in [1.82, 2.24) is 4.90 Å². The van der Waals surface area contributed by atoms with Crippen molar-refractivity contribution in [2.24, 2.45) is 10.9 Å². The first-order chi connectivity index (χ1) is 9.97. The Kier molecular flexibility index (Phi) is 6.72. The molecule has 0 radical (unpaired) electrons. The molecule has 0 aliphatic carbocycles. The molecule has 0 atom stereocenters. The van der Waals surface area contributed by atoms with E-state index < -0.39 is 0 Å². The molecule has 0 bridgehead atoms. The first-order valence-corrected chi connectivity index (χ1v) is 7.08. The van der Waals surface area contributed by atoms with Crippen LogP contribution >= 0.6 is 0 Å². The van der Waals surface area contributed by atoms with Gasteiger partial charge in [-0.25, -0.2) is 0 Å². The third-order valence-corrected chi connectivity index (χ3v) is 2.86. The maximum atomic E-state index is 12.2. The summed E-state index contributed by atoms with van der Waals surface area (Å²) in [6.45, 7) is 7.31. The number of hydrogen-bond acceptors (Lipinski definition) is 3. The molecule has 0 N–H and O–H groups in total. The summed E-state index contributed by atoms with van der Waals surface area (Å²) in [7, 11) is 3.41. The van der Waals surface area contributed by atoms with Crippen LogP contribution < -0.4 is 4.74 Å². The number of carbonyl (C=O) groups is 1. The summed E-state index contributed by atoms with van der Waals surface area (Å²) in [4.78, 5) is 18.1. The standard InChI is InChI=1S/C16H24N2O3/c1-6-18(4)16(21-11-12(2)3)17-15(19)13-8-7-9-14(10-13)20-5/h7-10,12H,6,11H2,1-5H3. The van der Waals surface area contributed by atoms with E-state index in [2.05, 4.69) is 4.99 Å². The lowest BCUT2D eigenvalue weighted by molar-refractivity contribution is 0.0992. The van der Waals surface area contributed by atoms with Crippen molar-refractivity contribution in [2.45, 2.75) is 20.8 Å². The Labute approximate surface area is 126 Å². The Morgan fingerprint density at radius 2 is 2.10 bits per heavy atom. The fourth-order valence-corrected chi connectivity index (χ4v) is 1.51. The lowest BCUT2D eigenvalue weighted by Gasteiger charge is -2.20. The van der Waals surface area contributed by atoms with Crippen LogP contribution in [0.1, 0.15) is 31.1 Å². The molecule has 0 aromatic heterocycles. The molecule has 0 aliphatic rings. The van der Waals surface area contributed by atoms with E-state index in [4.69, 9.17) is 9.47 Å². The van der Waals surface area contributed by atoms with E-state index in [0.717, 1.165) is 0 Å². The van der Waals surface area contributed by atoms with Crippen LogP contribution in [-0.2, 0) is 4.74 Å². The van der Waals surface area contributed by atoms with Gasteiger partial charge in [-0.15, -0.1) is 0 Å². The predicted molar refractivity (Wildman–Crippen MR) is 83.9 cm³/mol. The molecule has 5 nitrogen and oxygen atoms in total. The highest BCUT2D eigenvalue weighted by molar-refractivity contribution is 6.01. The molecule has 0 saturated carbocycles. The monoisotopic (exact) mass is 292 g/mol. The van der Waals surface area contributed by atoms with Crippen LogP contribution in [0.15, 0.2) is 29.3 Å². The second-order valence-electron chi connectivity index (χ2n) is 5.15. The zero-order chi connectivity index (χ0) is 15.8. The Hall–Kier alpha value is -2.04. The molecule has 0 spiro atoms. The van der Waals surface area contributed by atoms with Gasteiger partial charge in [-0.2, -0.15) is 4.99 Å². The molecular formula is C16H24N2O3. The van der Waals surface area contributed by atoms with Crippen molar-refractivity contribution in [3.05, 3.63) is 29.8 Å². The SMILES string of the molecule is CCN(C)C(=NC(=O)c1cccc(OC)c1)OCC(C)C. The first kappa shape index (κ1) is 17.0. The molecule has 0 unspecified atom stereocenters. The molecule has 5 heteroatoms. The van der Waals surface area contributed by atoms with Crippen LogP contribution in [-0.4, -0.2) is 44.1 Å². The molecule has 116 valence electrons. The summed E-state index contributed by atoms with van der Waals surface area (Å²) < 4.78 is 10.7. The zero-order valence-corrected chi connectivity index (χ0v) is 13.4. The Bertz CT molecular complexity index is 498. The van der Waals surface area contributed by atoms with Crippen molar-refractivity contribution in [1.29, 1.82) is 0 Å². The molecule has 21 heavy (non-hydrogen) atoms. The topological polar surface area (TPSA) is 51.1 Å². The van der Waals surface area contributed by atoms with E-state index in [0.29, 0.717) is 36.4 Å². The van der Waals surface area contributed by atoms with Gasteiger partial charge in [0.2, 0.25) is 0 Å². The van der Waals surface area contributed by atoms with Gasteiger partial charge in [0.25, 0.3) is 11.9 Å². The Morgan fingerprint density at radius 1 is 1.38 bits per heavy atom. The maximum Gasteiger partial charge on any atom is 0.295 e. The lowest BCUT2D eigenvalue weighted by atomic mass is 10.2. The smallest absolute Gasteiger partial charge is 0.295 e. The normalized spacial score (nSPS) is 11.4. The van der Waals surface area contributed by atoms with Crippen molar-refractivity contribution in [3.8, 4) is 5.75 Å². The average Bonchev–Trinajstić information content (AvgIpc) is 2.50. The van der Waals surface area contributed by atoms with Crippen molar-refractivity contribution >= 4 is 11.9 Å². The van der Waals surface area contributed by atoms with Gasteiger partial charge in [0.05, 0.1) is 13.7 Å². The first-order valence-electron chi connectivity index (χ1n) is 7.08. The van der Waals surface area contributed by atoms with Gasteiger partial charge in [-0.3, -0.25) is 4.79 Å².